The van der Waals surface area contributed by atoms with Crippen molar-refractivity contribution in [2.24, 2.45) is 12.0 Å². The zero-order valence-corrected chi connectivity index (χ0v) is 8.44. The van der Waals surface area contributed by atoms with Gasteiger partial charge in [-0.2, -0.15) is 10.5 Å². The van der Waals surface area contributed by atoms with Gasteiger partial charge in [-0.15, -0.1) is 0 Å². The number of hydrogen-bond acceptors (Lipinski definition) is 5. The molecule has 6 heteroatoms. The van der Waals surface area contributed by atoms with Crippen molar-refractivity contribution >= 4 is 11.6 Å². The van der Waals surface area contributed by atoms with Crippen LogP contribution in [0.2, 0.25) is 0 Å². The summed E-state index contributed by atoms with van der Waals surface area (Å²) < 4.78 is 1.52. The molecule has 0 bridgehead atoms. The maximum Gasteiger partial charge on any atom is 0.182 e. The van der Waals surface area contributed by atoms with E-state index in [-0.39, 0.29) is 0 Å². The molecule has 1 heterocycles. The molecule has 0 unspecified atom stereocenters. The Morgan fingerprint density at radius 2 is 2.20 bits per heavy atom. The lowest BCUT2D eigenvalue weighted by atomic mass is 10.2. The summed E-state index contributed by atoms with van der Waals surface area (Å²) >= 11 is 0. The first kappa shape index (κ1) is 10.6. The standard InChI is InChI=1S/C9H10N6/c1-13-7-3-8(12)15(2)9(14-5-11)6(7)4-10/h3,14H,12H2,1-2H3. The molecule has 0 amide bonds. The molecule has 0 aliphatic heterocycles. The maximum atomic E-state index is 8.96. The molecule has 0 fully saturated rings. The van der Waals surface area contributed by atoms with Gasteiger partial charge in [0.1, 0.15) is 23.3 Å². The number of nitriles is 2. The minimum atomic E-state index is 0.302. The van der Waals surface area contributed by atoms with Crippen molar-refractivity contribution in [3.8, 4) is 12.3 Å². The van der Waals surface area contributed by atoms with Gasteiger partial charge in [-0.05, 0) is 0 Å². The Morgan fingerprint density at radius 3 is 2.67 bits per heavy atom. The molecule has 0 spiro atoms. The van der Waals surface area contributed by atoms with Gasteiger partial charge >= 0.3 is 0 Å². The Bertz CT molecular complexity index is 525. The highest BCUT2D eigenvalue weighted by molar-refractivity contribution is 5.58. The molecule has 6 nitrogen and oxygen atoms in total. The van der Waals surface area contributed by atoms with Gasteiger partial charge in [0.15, 0.2) is 6.19 Å². The Balaban J connectivity index is 3.69. The van der Waals surface area contributed by atoms with Gasteiger partial charge in [0.05, 0.1) is 5.36 Å². The first-order valence-corrected chi connectivity index (χ1v) is 4.13. The number of nitrogen functional groups attached to an aromatic ring is 1. The predicted octanol–water partition coefficient (Wildman–Crippen LogP) is -0.0975. The van der Waals surface area contributed by atoms with Crippen LogP contribution < -0.4 is 16.4 Å². The lowest BCUT2D eigenvalue weighted by molar-refractivity contribution is 0.917. The molecule has 0 radical (unpaired) electrons. The van der Waals surface area contributed by atoms with Gasteiger partial charge in [0.2, 0.25) is 0 Å². The van der Waals surface area contributed by atoms with Gasteiger partial charge < -0.3 is 10.3 Å². The van der Waals surface area contributed by atoms with E-state index in [1.807, 2.05) is 6.07 Å². The van der Waals surface area contributed by atoms with Crippen LogP contribution in [0.15, 0.2) is 11.1 Å². The van der Waals surface area contributed by atoms with Crippen LogP contribution in [0.4, 0.5) is 11.6 Å². The minimum absolute atomic E-state index is 0.302. The Kier molecular flexibility index (Phi) is 2.94. The lowest BCUT2D eigenvalue weighted by Gasteiger charge is -2.11. The van der Waals surface area contributed by atoms with Crippen molar-refractivity contribution in [3.05, 3.63) is 17.0 Å². The smallest absolute Gasteiger partial charge is 0.182 e. The summed E-state index contributed by atoms with van der Waals surface area (Å²) in [6, 6.07) is 3.57. The Hall–Kier alpha value is -2.47. The van der Waals surface area contributed by atoms with E-state index in [9.17, 15) is 0 Å². The minimum Gasteiger partial charge on any atom is -0.385 e. The van der Waals surface area contributed by atoms with Gasteiger partial charge in [-0.25, -0.2) is 0 Å². The summed E-state index contributed by atoms with van der Waals surface area (Å²) in [7, 11) is 3.22. The fraction of sp³-hybridized carbons (Fsp3) is 0.222. The average molecular weight is 202 g/mol. The molecule has 0 saturated carbocycles. The second-order valence-corrected chi connectivity index (χ2v) is 2.81. The second-order valence-electron chi connectivity index (χ2n) is 2.81. The highest BCUT2D eigenvalue weighted by atomic mass is 15.1. The SMILES string of the molecule is CN=c1cc(N)n(C)c(NC#N)c1C#N. The van der Waals surface area contributed by atoms with Crippen molar-refractivity contribution in [2.45, 2.75) is 0 Å². The van der Waals surface area contributed by atoms with E-state index in [0.29, 0.717) is 22.6 Å². The molecule has 1 rings (SSSR count). The van der Waals surface area contributed by atoms with Crippen molar-refractivity contribution in [3.63, 3.8) is 0 Å². The van der Waals surface area contributed by atoms with Crippen LogP contribution in [0, 0.1) is 22.8 Å². The van der Waals surface area contributed by atoms with Crippen molar-refractivity contribution in [1.82, 2.24) is 4.57 Å². The molecule has 0 aliphatic rings. The maximum absolute atomic E-state index is 8.96. The quantitative estimate of drug-likeness (QED) is 0.490. The summed E-state index contributed by atoms with van der Waals surface area (Å²) in [6.07, 6.45) is 1.76. The van der Waals surface area contributed by atoms with Crippen molar-refractivity contribution < 1.29 is 0 Å². The summed E-state index contributed by atoms with van der Waals surface area (Å²) in [5, 5.41) is 20.4. The van der Waals surface area contributed by atoms with E-state index >= 15 is 0 Å². The summed E-state index contributed by atoms with van der Waals surface area (Å²) in [5.41, 5.74) is 6.00. The van der Waals surface area contributed by atoms with Crippen LogP contribution in [0.1, 0.15) is 5.56 Å². The van der Waals surface area contributed by atoms with E-state index in [0.717, 1.165) is 0 Å². The van der Waals surface area contributed by atoms with Gasteiger partial charge in [-0.3, -0.25) is 10.3 Å². The summed E-state index contributed by atoms with van der Waals surface area (Å²) in [6.45, 7) is 0. The molecule has 0 saturated heterocycles. The number of hydrogen-bond donors (Lipinski definition) is 2. The predicted molar refractivity (Wildman–Crippen MR) is 55.3 cm³/mol. The van der Waals surface area contributed by atoms with Crippen LogP contribution in [-0.4, -0.2) is 11.6 Å². The number of aromatic nitrogens is 1. The zero-order chi connectivity index (χ0) is 11.4. The molecule has 0 aliphatic carbocycles. The third kappa shape index (κ3) is 1.74. The first-order valence-electron chi connectivity index (χ1n) is 4.13. The molecule has 1 aromatic heterocycles. The van der Waals surface area contributed by atoms with E-state index < -0.39 is 0 Å². The highest BCUT2D eigenvalue weighted by Gasteiger charge is 2.09. The highest BCUT2D eigenvalue weighted by Crippen LogP contribution is 2.13. The van der Waals surface area contributed by atoms with Crippen LogP contribution in [0.3, 0.4) is 0 Å². The number of nitrogens with zero attached hydrogens (tertiary/aromatic N) is 4. The molecule has 3 N–H and O–H groups in total. The number of nitrogens with two attached hydrogens (primary N) is 1. The fourth-order valence-corrected chi connectivity index (χ4v) is 1.21. The van der Waals surface area contributed by atoms with Gasteiger partial charge in [-0.1, -0.05) is 0 Å². The Labute approximate surface area is 86.9 Å². The van der Waals surface area contributed by atoms with Crippen LogP contribution in [-0.2, 0) is 7.05 Å². The van der Waals surface area contributed by atoms with Crippen molar-refractivity contribution in [2.75, 3.05) is 18.1 Å². The molecular weight excluding hydrogens is 192 g/mol. The largest absolute Gasteiger partial charge is 0.385 e. The fourth-order valence-electron chi connectivity index (χ4n) is 1.21. The van der Waals surface area contributed by atoms with E-state index in [1.165, 1.54) is 4.57 Å². The van der Waals surface area contributed by atoms with Crippen LogP contribution in [0.25, 0.3) is 0 Å². The monoisotopic (exact) mass is 202 g/mol. The molecule has 76 valence electrons. The summed E-state index contributed by atoms with van der Waals surface area (Å²) in [4.78, 5) is 3.92. The average Bonchev–Trinajstić information content (AvgIpc) is 2.24. The van der Waals surface area contributed by atoms with Gasteiger partial charge in [0.25, 0.3) is 0 Å². The van der Waals surface area contributed by atoms with E-state index in [1.54, 1.807) is 26.4 Å². The molecular formula is C9H10N6. The number of anilines is 2. The lowest BCUT2D eigenvalue weighted by Crippen LogP contribution is -2.18. The number of pyridine rings is 1. The topological polar surface area (TPSA) is 103 Å². The summed E-state index contributed by atoms with van der Waals surface area (Å²) in [5.74, 6) is 0.771. The normalized spacial score (nSPS) is 10.5. The molecule has 15 heavy (non-hydrogen) atoms. The third-order valence-corrected chi connectivity index (χ3v) is 2.03. The zero-order valence-electron chi connectivity index (χ0n) is 8.44. The van der Waals surface area contributed by atoms with Crippen molar-refractivity contribution in [1.29, 1.82) is 10.5 Å². The van der Waals surface area contributed by atoms with E-state index in [4.69, 9.17) is 16.3 Å². The third-order valence-electron chi connectivity index (χ3n) is 2.03. The van der Waals surface area contributed by atoms with Crippen LogP contribution >= 0.6 is 0 Å². The Morgan fingerprint density at radius 1 is 1.53 bits per heavy atom. The first-order chi connectivity index (χ1) is 7.15. The van der Waals surface area contributed by atoms with Crippen LogP contribution in [0.5, 0.6) is 0 Å². The van der Waals surface area contributed by atoms with Gasteiger partial charge in [0, 0.05) is 20.2 Å². The molecule has 0 aromatic carbocycles. The van der Waals surface area contributed by atoms with E-state index in [2.05, 4.69) is 10.3 Å². The number of rotatable bonds is 1. The molecule has 0 atom stereocenters. The second kappa shape index (κ2) is 4.16. The molecule has 1 aromatic rings. The number of nitrogens with one attached hydrogen (secondary N) is 1.